The molecule has 0 amide bonds. The number of ether oxygens (including phenoxy) is 31. The summed E-state index contributed by atoms with van der Waals surface area (Å²) in [4.78, 5) is 0. The minimum atomic E-state index is -1.64. The quantitative estimate of drug-likeness (QED) is 0.0713. The highest BCUT2D eigenvalue weighted by atomic mass is 16.8. The molecule has 21 aliphatic heterocycles. The summed E-state index contributed by atoms with van der Waals surface area (Å²) in [5.41, 5.74) is 0. The molecular weight excluding hydrogens is 1270 g/mol. The first-order valence-electron chi connectivity index (χ1n) is 31.1. The van der Waals surface area contributed by atoms with Gasteiger partial charge in [-0.15, -0.1) is 0 Å². The summed E-state index contributed by atoms with van der Waals surface area (Å²) in [7, 11) is 24.2. The molecule has 0 aliphatic carbocycles. The van der Waals surface area contributed by atoms with Crippen LogP contribution in [0.5, 0.6) is 0 Å². The van der Waals surface area contributed by atoms with E-state index in [1.807, 2.05) is 0 Å². The van der Waals surface area contributed by atoms with Crippen LogP contribution in [0.25, 0.3) is 0 Å². The molecule has 0 radical (unpaired) electrons. The third-order valence-electron chi connectivity index (χ3n) is 18.3. The van der Waals surface area contributed by atoms with Crippen LogP contribution in [0.2, 0.25) is 0 Å². The molecule has 94 heavy (non-hydrogen) atoms. The minimum absolute atomic E-state index is 0.0956. The molecule has 0 unspecified atom stereocenters. The molecule has 0 aromatic carbocycles. The third-order valence-corrected chi connectivity index (χ3v) is 18.3. The van der Waals surface area contributed by atoms with Gasteiger partial charge in [-0.05, 0) is 0 Å². The molecule has 35 atom stereocenters. The number of hydrogen-bond acceptors (Lipinski definition) is 35. The lowest BCUT2D eigenvalue weighted by Gasteiger charge is -2.52. The van der Waals surface area contributed by atoms with Crippen molar-refractivity contribution >= 4 is 0 Å². The van der Waals surface area contributed by atoms with Gasteiger partial charge in [0, 0.05) is 121 Å². The molecule has 21 aliphatic rings. The van der Waals surface area contributed by atoms with Crippen LogP contribution in [0.1, 0.15) is 0 Å². The lowest BCUT2D eigenvalue weighted by molar-refractivity contribution is -0.401. The smallest absolute Gasteiger partial charge is 0.187 e. The van der Waals surface area contributed by atoms with Crippen LogP contribution in [0, 0.1) is 0 Å². The number of rotatable bonds is 24. The Morgan fingerprint density at radius 3 is 0.553 bits per heavy atom. The summed E-state index contributed by atoms with van der Waals surface area (Å²) in [6.07, 6.45) is -43.5. The third kappa shape index (κ3) is 16.9. The highest BCUT2D eigenvalue weighted by Gasteiger charge is 2.61. The summed E-state index contributed by atoms with van der Waals surface area (Å²) in [6, 6.07) is 0. The minimum Gasteiger partial charge on any atom is -0.387 e. The number of aliphatic hydroxyl groups is 4. The summed E-state index contributed by atoms with van der Waals surface area (Å²) in [5, 5.41) is 49.5. The van der Waals surface area contributed by atoms with Crippen LogP contribution >= 0.6 is 0 Å². The fourth-order valence-corrected chi connectivity index (χ4v) is 13.9. The van der Waals surface area contributed by atoms with Crippen molar-refractivity contribution in [2.45, 2.75) is 215 Å². The molecule has 35 nitrogen and oxygen atoms in total. The average molecular weight is 1370 g/mol. The van der Waals surface area contributed by atoms with Crippen molar-refractivity contribution < 1.29 is 167 Å². The van der Waals surface area contributed by atoms with Gasteiger partial charge in [-0.2, -0.15) is 0 Å². The van der Waals surface area contributed by atoms with Gasteiger partial charge in [0.05, 0.1) is 46.2 Å². The molecular formula is C59H104O35. The molecule has 35 heteroatoms. The van der Waals surface area contributed by atoms with Crippen LogP contribution in [0.4, 0.5) is 0 Å². The van der Waals surface area contributed by atoms with E-state index < -0.39 is 215 Å². The largest absolute Gasteiger partial charge is 0.387 e. The van der Waals surface area contributed by atoms with E-state index in [9.17, 15) is 20.4 Å². The monoisotopic (exact) mass is 1370 g/mol. The second-order valence-corrected chi connectivity index (χ2v) is 23.7. The second-order valence-electron chi connectivity index (χ2n) is 23.7. The SMILES string of the molecule is COC[C@H]1O[C@@H]2O[C@H]3[C@H](OC)[C@@H](OC)[C@@H](O[C@H]4[C@@H](OC)[C@@H](OC)[C@@H](O[C@H]5[C@@H](OC)[C@@H](O)[C@@H](O[C@H]6[C@H](O)[C@@H](OC)[C@@H](O[C@H]7[C@H](OC)[C@@H](OC)[C@@H](O[C@H]8[C@H](OC)[C@@H](O)[C@@H](O[C@H]1[C@H](O)[C@H]2OC)O[C@@H]8COC)O[C@@H]7COC)O[C@@H]6COC)O[C@@H]5COC)O[C@@H]4COC)O[C@@H]3COC. The average Bonchev–Trinajstić information content (AvgIpc) is 0.776. The first-order valence-corrected chi connectivity index (χ1v) is 31.1. The maximum Gasteiger partial charge on any atom is 0.187 e. The van der Waals surface area contributed by atoms with Crippen molar-refractivity contribution in [2.75, 3.05) is 167 Å². The van der Waals surface area contributed by atoms with Crippen molar-refractivity contribution in [2.24, 2.45) is 0 Å². The second kappa shape index (κ2) is 37.5. The molecule has 0 aromatic heterocycles. The Kier molecular flexibility index (Phi) is 31.2. The van der Waals surface area contributed by atoms with Gasteiger partial charge in [0.1, 0.15) is 171 Å². The van der Waals surface area contributed by atoms with Gasteiger partial charge < -0.3 is 167 Å². The first kappa shape index (κ1) is 78.3. The summed E-state index contributed by atoms with van der Waals surface area (Å²) in [5.74, 6) is 0. The number of methoxy groups -OCH3 is 17. The van der Waals surface area contributed by atoms with E-state index in [1.54, 1.807) is 0 Å². The maximum atomic E-state index is 12.5. The Hall–Kier alpha value is -1.40. The highest BCUT2D eigenvalue weighted by molar-refractivity contribution is 5.04. The Morgan fingerprint density at radius 1 is 0.181 bits per heavy atom. The standard InChI is InChI=1S/C59H104O35/c1-64-18-25-36-32(60)45(73-10)55(83-25)92-40-29(22-68-5)85-57(50(78-15)47(40)75-12)90-38-27(20-66-3)81-53(34(62)43(38)71-8)89-37-26(19-65-2)84-56(46(74-11)33(37)61)93-41-30(23-69-6)87-59(52(80-17)48(41)76-13)94-42-31(24-70-7)86-58(51(79-16)49(42)77-14)91-39-28(21-67-4)82-54(88-36)35(63)44(39)72-9/h25-63H,18-24H2,1-17H3/t25-,26-,27-,28-,29-,30-,31-,32+,33+,34-,35-,36-,37-,38-,39-,40-,41-,42-,43-,44+,45-,46-,47+,48+,49-,50-,51-,52-,53-,54-,55-,56-,57-,58-,59-/m1/s1. The lowest BCUT2D eigenvalue weighted by Crippen LogP contribution is -2.69. The maximum absolute atomic E-state index is 12.5. The van der Waals surface area contributed by atoms with Gasteiger partial charge >= 0.3 is 0 Å². The van der Waals surface area contributed by atoms with Gasteiger partial charge in [0.15, 0.2) is 44.0 Å². The van der Waals surface area contributed by atoms with E-state index >= 15 is 0 Å². The predicted octanol–water partition coefficient (Wildman–Crippen LogP) is -4.11. The fraction of sp³-hybridized carbons (Fsp3) is 1.00. The Bertz CT molecular complexity index is 2130. The van der Waals surface area contributed by atoms with Gasteiger partial charge in [-0.25, -0.2) is 0 Å². The summed E-state index contributed by atoms with van der Waals surface area (Å²) in [6.45, 7) is -0.977. The molecule has 0 saturated carbocycles. The van der Waals surface area contributed by atoms with Crippen molar-refractivity contribution in [3.63, 3.8) is 0 Å². The van der Waals surface area contributed by atoms with E-state index in [0.717, 1.165) is 0 Å². The lowest BCUT2D eigenvalue weighted by atomic mass is 9.94. The zero-order chi connectivity index (χ0) is 68.1. The molecule has 550 valence electrons. The van der Waals surface area contributed by atoms with Gasteiger partial charge in [0.2, 0.25) is 0 Å². The van der Waals surface area contributed by atoms with E-state index in [-0.39, 0.29) is 46.2 Å². The molecule has 14 bridgehead atoms. The van der Waals surface area contributed by atoms with Gasteiger partial charge in [-0.3, -0.25) is 0 Å². The van der Waals surface area contributed by atoms with Crippen LogP contribution in [0.15, 0.2) is 0 Å². The molecule has 21 rings (SSSR count). The molecule has 21 heterocycles. The predicted molar refractivity (Wildman–Crippen MR) is 310 cm³/mol. The van der Waals surface area contributed by atoms with Crippen molar-refractivity contribution in [3.8, 4) is 0 Å². The van der Waals surface area contributed by atoms with Crippen LogP contribution in [0.3, 0.4) is 0 Å². The van der Waals surface area contributed by atoms with Crippen molar-refractivity contribution in [3.05, 3.63) is 0 Å². The highest BCUT2D eigenvalue weighted by Crippen LogP contribution is 2.42. The molecule has 21 saturated heterocycles. The van der Waals surface area contributed by atoms with Crippen molar-refractivity contribution in [1.82, 2.24) is 0 Å². The van der Waals surface area contributed by atoms with E-state index in [4.69, 9.17) is 147 Å². The molecule has 0 aromatic rings. The van der Waals surface area contributed by atoms with Gasteiger partial charge in [-0.1, -0.05) is 0 Å². The molecule has 0 spiro atoms. The Labute approximate surface area is 548 Å². The number of aliphatic hydroxyl groups excluding tert-OH is 4. The van der Waals surface area contributed by atoms with Crippen LogP contribution < -0.4 is 0 Å². The summed E-state index contributed by atoms with van der Waals surface area (Å²) < 4.78 is 194. The number of hydrogen-bond donors (Lipinski definition) is 4. The topological polar surface area (TPSA) is 367 Å². The van der Waals surface area contributed by atoms with E-state index in [1.165, 1.54) is 121 Å². The Balaban J connectivity index is 1.20. The van der Waals surface area contributed by atoms with E-state index in [2.05, 4.69) is 0 Å². The van der Waals surface area contributed by atoms with Crippen molar-refractivity contribution in [1.29, 1.82) is 0 Å². The van der Waals surface area contributed by atoms with Crippen LogP contribution in [-0.4, -0.2) is 402 Å². The zero-order valence-corrected chi connectivity index (χ0v) is 56.6. The normalized spacial score (nSPS) is 47.5. The molecule has 21 fully saturated rings. The van der Waals surface area contributed by atoms with Crippen LogP contribution in [-0.2, 0) is 147 Å². The van der Waals surface area contributed by atoms with E-state index in [0.29, 0.717) is 0 Å². The first-order chi connectivity index (χ1) is 45.5. The summed E-state index contributed by atoms with van der Waals surface area (Å²) >= 11 is 0. The van der Waals surface area contributed by atoms with Gasteiger partial charge in [0.25, 0.3) is 0 Å². The zero-order valence-electron chi connectivity index (χ0n) is 56.6. The Morgan fingerprint density at radius 2 is 0.351 bits per heavy atom. The molecule has 4 N–H and O–H groups in total. The fourth-order valence-electron chi connectivity index (χ4n) is 13.9.